The van der Waals surface area contributed by atoms with Crippen molar-refractivity contribution in [2.75, 3.05) is 29.2 Å². The van der Waals surface area contributed by atoms with Gasteiger partial charge in [0.2, 0.25) is 11.8 Å². The van der Waals surface area contributed by atoms with Crippen molar-refractivity contribution in [3.63, 3.8) is 0 Å². The summed E-state index contributed by atoms with van der Waals surface area (Å²) in [5, 5.41) is 15.9. The van der Waals surface area contributed by atoms with Gasteiger partial charge in [-0.2, -0.15) is 13.2 Å². The van der Waals surface area contributed by atoms with Crippen LogP contribution in [-0.2, 0) is 25.9 Å². The van der Waals surface area contributed by atoms with Crippen molar-refractivity contribution in [2.24, 2.45) is 11.8 Å². The molecule has 1 saturated carbocycles. The van der Waals surface area contributed by atoms with Crippen molar-refractivity contribution < 1.29 is 27.5 Å². The van der Waals surface area contributed by atoms with E-state index in [0.717, 1.165) is 37.3 Å². The topological polar surface area (TPSA) is 105 Å². The lowest BCUT2D eigenvalue weighted by Gasteiger charge is -2.33. The molecule has 0 radical (unpaired) electrons. The molecular weight excluding hydrogens is 487 g/mol. The fraction of sp³-hybridized carbons (Fsp3) is 0.538. The van der Waals surface area contributed by atoms with Crippen LogP contribution in [0.1, 0.15) is 56.7 Å². The van der Waals surface area contributed by atoms with Gasteiger partial charge in [-0.25, -0.2) is 0 Å². The van der Waals surface area contributed by atoms with Crippen LogP contribution in [0, 0.1) is 11.8 Å². The molecular formula is C26H30F3N5O3. The second-order valence-electron chi connectivity index (χ2n) is 10.3. The van der Waals surface area contributed by atoms with E-state index in [0.29, 0.717) is 43.3 Å². The molecule has 2 amide bonds. The highest BCUT2D eigenvalue weighted by Gasteiger charge is 2.47. The number of aromatic nitrogens is 2. The van der Waals surface area contributed by atoms with Gasteiger partial charge >= 0.3 is 6.18 Å². The SMILES string of the molecule is CC1CCC(C(Nc2ccc(C(F)(F)F)nn2)C(=O)Nc2ccc3c(c2)NC(=O)C32CCOCC2)CC1. The molecule has 5 rings (SSSR count). The Morgan fingerprint density at radius 3 is 2.49 bits per heavy atom. The summed E-state index contributed by atoms with van der Waals surface area (Å²) in [5.74, 6) is 0.287. The fourth-order valence-corrected chi connectivity index (χ4v) is 5.68. The number of benzene rings is 1. The average molecular weight is 518 g/mol. The van der Waals surface area contributed by atoms with E-state index in [1.165, 1.54) is 6.07 Å². The molecule has 2 aromatic rings. The Hall–Kier alpha value is -3.21. The van der Waals surface area contributed by atoms with Gasteiger partial charge in [0, 0.05) is 24.6 Å². The van der Waals surface area contributed by atoms with E-state index in [1.807, 2.05) is 6.07 Å². The summed E-state index contributed by atoms with van der Waals surface area (Å²) < 4.78 is 44.1. The molecule has 1 aliphatic carbocycles. The van der Waals surface area contributed by atoms with Crippen LogP contribution < -0.4 is 16.0 Å². The van der Waals surface area contributed by atoms with E-state index in [-0.39, 0.29) is 23.6 Å². The molecule has 1 saturated heterocycles. The second kappa shape index (κ2) is 9.92. The third-order valence-electron chi connectivity index (χ3n) is 7.90. The summed E-state index contributed by atoms with van der Waals surface area (Å²) in [5.41, 5.74) is 0.431. The number of nitrogens with zero attached hydrogens (tertiary/aromatic N) is 2. The number of nitrogens with one attached hydrogen (secondary N) is 3. The third-order valence-corrected chi connectivity index (χ3v) is 7.90. The lowest BCUT2D eigenvalue weighted by molar-refractivity contribution is -0.141. The van der Waals surface area contributed by atoms with Gasteiger partial charge in [0.05, 0.1) is 5.41 Å². The van der Waals surface area contributed by atoms with Gasteiger partial charge in [-0.15, -0.1) is 10.2 Å². The minimum absolute atomic E-state index is 0.0140. The Labute approximate surface area is 212 Å². The van der Waals surface area contributed by atoms with Gasteiger partial charge < -0.3 is 20.7 Å². The Bertz CT molecular complexity index is 1160. The summed E-state index contributed by atoms with van der Waals surface area (Å²) in [6.45, 7) is 3.21. The van der Waals surface area contributed by atoms with Gasteiger partial charge in [0.15, 0.2) is 5.69 Å². The van der Waals surface area contributed by atoms with Crippen LogP contribution in [0.15, 0.2) is 30.3 Å². The van der Waals surface area contributed by atoms with Crippen LogP contribution in [0.25, 0.3) is 0 Å². The number of amides is 2. The molecule has 37 heavy (non-hydrogen) atoms. The fourth-order valence-electron chi connectivity index (χ4n) is 5.68. The highest BCUT2D eigenvalue weighted by molar-refractivity contribution is 6.07. The van der Waals surface area contributed by atoms with Crippen molar-refractivity contribution in [1.82, 2.24) is 10.2 Å². The van der Waals surface area contributed by atoms with E-state index in [4.69, 9.17) is 4.74 Å². The lowest BCUT2D eigenvalue weighted by Crippen LogP contribution is -2.42. The molecule has 1 atom stereocenters. The highest BCUT2D eigenvalue weighted by atomic mass is 19.4. The van der Waals surface area contributed by atoms with Crippen LogP contribution in [0.4, 0.5) is 30.4 Å². The van der Waals surface area contributed by atoms with Crippen LogP contribution >= 0.6 is 0 Å². The summed E-state index contributed by atoms with van der Waals surface area (Å²) in [7, 11) is 0. The smallest absolute Gasteiger partial charge is 0.381 e. The van der Waals surface area contributed by atoms with E-state index in [1.54, 1.807) is 12.1 Å². The molecule has 3 N–H and O–H groups in total. The molecule has 3 heterocycles. The predicted octanol–water partition coefficient (Wildman–Crippen LogP) is 4.74. The minimum Gasteiger partial charge on any atom is -0.381 e. The maximum atomic E-state index is 13.5. The third kappa shape index (κ3) is 5.14. The minimum atomic E-state index is -4.59. The summed E-state index contributed by atoms with van der Waals surface area (Å²) in [6, 6.07) is 6.76. The number of anilines is 3. The monoisotopic (exact) mass is 517 g/mol. The first kappa shape index (κ1) is 25.4. The molecule has 1 aromatic heterocycles. The molecule has 198 valence electrons. The van der Waals surface area contributed by atoms with Gasteiger partial charge in [0.1, 0.15) is 11.9 Å². The van der Waals surface area contributed by atoms with Gasteiger partial charge in [0.25, 0.3) is 0 Å². The Balaban J connectivity index is 1.35. The Morgan fingerprint density at radius 2 is 1.84 bits per heavy atom. The normalized spacial score (nSPS) is 23.7. The molecule has 11 heteroatoms. The number of halogens is 3. The van der Waals surface area contributed by atoms with E-state index in [2.05, 4.69) is 33.1 Å². The lowest BCUT2D eigenvalue weighted by atomic mass is 9.75. The number of hydrogen-bond donors (Lipinski definition) is 3. The Kier molecular flexibility index (Phi) is 6.82. The zero-order valence-electron chi connectivity index (χ0n) is 20.5. The van der Waals surface area contributed by atoms with Crippen molar-refractivity contribution in [2.45, 2.75) is 63.1 Å². The first-order valence-electron chi connectivity index (χ1n) is 12.7. The number of hydrogen-bond acceptors (Lipinski definition) is 6. The first-order valence-corrected chi connectivity index (χ1v) is 12.7. The van der Waals surface area contributed by atoms with Crippen LogP contribution in [-0.4, -0.2) is 41.3 Å². The van der Waals surface area contributed by atoms with Gasteiger partial charge in [-0.05, 0) is 67.3 Å². The quantitative estimate of drug-likeness (QED) is 0.529. The molecule has 1 spiro atoms. The van der Waals surface area contributed by atoms with Crippen molar-refractivity contribution in [1.29, 1.82) is 0 Å². The van der Waals surface area contributed by atoms with Crippen molar-refractivity contribution >= 4 is 29.0 Å². The zero-order chi connectivity index (χ0) is 26.2. The molecule has 2 aliphatic heterocycles. The van der Waals surface area contributed by atoms with E-state index >= 15 is 0 Å². The number of carbonyl (C=O) groups is 2. The van der Waals surface area contributed by atoms with E-state index < -0.39 is 23.3 Å². The van der Waals surface area contributed by atoms with Crippen LogP contribution in [0.3, 0.4) is 0 Å². The van der Waals surface area contributed by atoms with Crippen LogP contribution in [0.5, 0.6) is 0 Å². The average Bonchev–Trinajstić information content (AvgIpc) is 3.13. The maximum Gasteiger partial charge on any atom is 0.435 e. The molecule has 1 unspecified atom stereocenters. The molecule has 0 bridgehead atoms. The first-order chi connectivity index (χ1) is 17.7. The number of fused-ring (bicyclic) bond motifs is 2. The molecule has 8 nitrogen and oxygen atoms in total. The zero-order valence-corrected chi connectivity index (χ0v) is 20.5. The molecule has 1 aromatic carbocycles. The number of rotatable bonds is 5. The van der Waals surface area contributed by atoms with Crippen LogP contribution in [0.2, 0.25) is 0 Å². The van der Waals surface area contributed by atoms with Gasteiger partial charge in [-0.3, -0.25) is 9.59 Å². The maximum absolute atomic E-state index is 13.5. The summed E-state index contributed by atoms with van der Waals surface area (Å²) >= 11 is 0. The molecule has 2 fully saturated rings. The second-order valence-corrected chi connectivity index (χ2v) is 10.3. The summed E-state index contributed by atoms with van der Waals surface area (Å²) in [4.78, 5) is 26.3. The van der Waals surface area contributed by atoms with Crippen molar-refractivity contribution in [3.8, 4) is 0 Å². The number of ether oxygens (including phenoxy) is 1. The predicted molar refractivity (Wildman–Crippen MR) is 131 cm³/mol. The molecule has 3 aliphatic rings. The summed E-state index contributed by atoms with van der Waals surface area (Å²) in [6.07, 6.45) is 0.177. The highest BCUT2D eigenvalue weighted by Crippen LogP contribution is 2.45. The Morgan fingerprint density at radius 1 is 1.11 bits per heavy atom. The van der Waals surface area contributed by atoms with Gasteiger partial charge in [-0.1, -0.05) is 25.8 Å². The largest absolute Gasteiger partial charge is 0.435 e. The number of carbonyl (C=O) groups excluding carboxylic acids is 2. The van der Waals surface area contributed by atoms with E-state index in [9.17, 15) is 22.8 Å². The number of alkyl halides is 3. The van der Waals surface area contributed by atoms with Crippen molar-refractivity contribution in [3.05, 3.63) is 41.6 Å². The standard InChI is InChI=1S/C26H30F3N5O3/c1-15-2-4-16(5-3-15)22(32-21-9-8-20(33-34-21)26(27,28)29)23(35)30-17-6-7-18-19(14-17)31-24(36)25(18)10-12-37-13-11-25/h6-9,14-16,22H,2-5,10-13H2,1H3,(H,30,35)(H,31,36)(H,32,34).